The third-order valence-corrected chi connectivity index (χ3v) is 11.3. The van der Waals surface area contributed by atoms with Gasteiger partial charge in [-0.3, -0.25) is 19.3 Å². The molecule has 0 aliphatic carbocycles. The molecule has 4 aliphatic rings. The average molecular weight is 885 g/mol. The van der Waals surface area contributed by atoms with E-state index in [1.807, 2.05) is 92.7 Å². The van der Waals surface area contributed by atoms with Crippen LogP contribution in [0.4, 0.5) is 33.2 Å². The molecule has 0 spiro atoms. The highest BCUT2D eigenvalue weighted by Crippen LogP contribution is 2.35. The molecule has 13 nitrogen and oxygen atoms in total. The van der Waals surface area contributed by atoms with Crippen LogP contribution < -0.4 is 11.5 Å². The van der Waals surface area contributed by atoms with Crippen molar-refractivity contribution in [2.24, 2.45) is 15.0 Å². The van der Waals surface area contributed by atoms with E-state index in [1.54, 1.807) is 42.5 Å². The maximum absolute atomic E-state index is 12.3. The topological polar surface area (TPSA) is 203 Å². The first kappa shape index (κ1) is 43.8. The van der Waals surface area contributed by atoms with Crippen LogP contribution in [-0.4, -0.2) is 50.6 Å². The summed E-state index contributed by atoms with van der Waals surface area (Å²) < 4.78 is 16.7. The number of nitrogens with zero attached hydrogens (tertiary/aromatic N) is 4. The monoisotopic (exact) mass is 884 g/mol. The van der Waals surface area contributed by atoms with Crippen LogP contribution in [0.25, 0.3) is 6.08 Å². The second-order valence-corrected chi connectivity index (χ2v) is 16.3. The molecular weight excluding hydrogens is 841 g/mol. The summed E-state index contributed by atoms with van der Waals surface area (Å²) in [5, 5.41) is 8.69. The van der Waals surface area contributed by atoms with Crippen LogP contribution in [-0.2, 0) is 30.7 Å². The molecule has 65 heavy (non-hydrogen) atoms. The Bertz CT molecular complexity index is 3000. The molecule has 0 saturated carbocycles. The van der Waals surface area contributed by atoms with E-state index in [0.29, 0.717) is 51.4 Å². The van der Waals surface area contributed by atoms with Gasteiger partial charge in [0.25, 0.3) is 11.1 Å². The summed E-state index contributed by atoms with van der Waals surface area (Å²) in [5.41, 5.74) is 21.3. The standard InChI is InChI=1S/C19H16N2O3S.C13H11NO2.C13H9NO2.C6H8N2/c1-11(2)21-18(22)17(25-19(21)23)10-13-7-8-16(24-13)15-9-12-5-3-4-6-14(12)20-15;2*15-8-10-5-6-13(16-10)12-7-9-3-1-2-4-11(9)14-12;7-5-3-1-2-4-6(5)8/h3-8,10-11H,9H2,1-2H3;1-6,15H,7-8H2;1-6,8H,7H2;1-4H,7-8H2/b17-10-;;;. The lowest BCUT2D eigenvalue weighted by Gasteiger charge is -2.16. The Morgan fingerprint density at radius 3 is 1.45 bits per heavy atom. The van der Waals surface area contributed by atoms with Crippen molar-refractivity contribution in [3.05, 3.63) is 190 Å². The van der Waals surface area contributed by atoms with Crippen molar-refractivity contribution in [2.45, 2.75) is 45.8 Å². The highest BCUT2D eigenvalue weighted by atomic mass is 32.2. The van der Waals surface area contributed by atoms with Crippen LogP contribution >= 0.6 is 11.8 Å². The Morgan fingerprint density at radius 2 is 1.05 bits per heavy atom. The molecule has 7 heterocycles. The first-order valence-corrected chi connectivity index (χ1v) is 21.6. The molecule has 2 amide bonds. The maximum Gasteiger partial charge on any atom is 0.293 e. The minimum Gasteiger partial charge on any atom is -0.457 e. The number of furan rings is 3. The number of nitrogens with two attached hydrogens (primary N) is 2. The molecule has 4 aromatic carbocycles. The molecular formula is C51H44N6O7S. The first-order valence-electron chi connectivity index (χ1n) is 20.8. The number of hydrogen-bond donors (Lipinski definition) is 3. The van der Waals surface area contributed by atoms with Gasteiger partial charge in [-0.1, -0.05) is 66.7 Å². The van der Waals surface area contributed by atoms with Gasteiger partial charge >= 0.3 is 0 Å². The van der Waals surface area contributed by atoms with E-state index in [2.05, 4.69) is 33.2 Å². The van der Waals surface area contributed by atoms with Gasteiger partial charge in [0.1, 0.15) is 35.4 Å². The van der Waals surface area contributed by atoms with E-state index in [1.165, 1.54) is 21.6 Å². The number of anilines is 2. The molecule has 5 N–H and O–H groups in total. The van der Waals surface area contributed by atoms with Gasteiger partial charge in [0.2, 0.25) is 0 Å². The number of carbonyl (C=O) groups excluding carboxylic acids is 3. The third-order valence-electron chi connectivity index (χ3n) is 10.5. The smallest absolute Gasteiger partial charge is 0.293 e. The number of imide groups is 1. The van der Waals surface area contributed by atoms with Gasteiger partial charge < -0.3 is 29.8 Å². The van der Waals surface area contributed by atoms with Crippen molar-refractivity contribution in [3.63, 3.8) is 0 Å². The van der Waals surface area contributed by atoms with Gasteiger partial charge in [-0.2, -0.15) is 0 Å². The summed E-state index contributed by atoms with van der Waals surface area (Å²) in [7, 11) is 0. The zero-order valence-electron chi connectivity index (χ0n) is 35.5. The van der Waals surface area contributed by atoms with Gasteiger partial charge in [0, 0.05) is 31.4 Å². The fourth-order valence-corrected chi connectivity index (χ4v) is 8.11. The molecule has 14 heteroatoms. The lowest BCUT2D eigenvalue weighted by molar-refractivity contribution is -0.123. The normalized spacial score (nSPS) is 14.9. The van der Waals surface area contributed by atoms with Crippen molar-refractivity contribution in [1.82, 2.24) is 4.90 Å². The highest BCUT2D eigenvalue weighted by Gasteiger charge is 2.37. The predicted octanol–water partition coefficient (Wildman–Crippen LogP) is 10.5. The summed E-state index contributed by atoms with van der Waals surface area (Å²) in [4.78, 5) is 50.0. The minimum absolute atomic E-state index is 0.0692. The predicted molar refractivity (Wildman–Crippen MR) is 255 cm³/mol. The number of para-hydroxylation sites is 5. The van der Waals surface area contributed by atoms with Gasteiger partial charge in [-0.05, 0) is 109 Å². The number of rotatable bonds is 7. The van der Waals surface area contributed by atoms with Crippen molar-refractivity contribution in [2.75, 3.05) is 11.5 Å². The van der Waals surface area contributed by atoms with E-state index < -0.39 is 0 Å². The largest absolute Gasteiger partial charge is 0.457 e. The van der Waals surface area contributed by atoms with E-state index in [9.17, 15) is 14.4 Å². The molecule has 4 aliphatic heterocycles. The Labute approximate surface area is 378 Å². The summed E-state index contributed by atoms with van der Waals surface area (Å²) >= 11 is 0.945. The second kappa shape index (κ2) is 19.7. The number of hydrogen-bond acceptors (Lipinski definition) is 13. The Balaban J connectivity index is 0.000000126. The number of amides is 2. The van der Waals surface area contributed by atoms with Crippen molar-refractivity contribution in [3.8, 4) is 0 Å². The van der Waals surface area contributed by atoms with E-state index >= 15 is 0 Å². The molecule has 0 unspecified atom stereocenters. The van der Waals surface area contributed by atoms with Crippen molar-refractivity contribution < 1.29 is 32.7 Å². The minimum atomic E-state index is -0.270. The summed E-state index contributed by atoms with van der Waals surface area (Å²) in [6.07, 6.45) is 4.62. The van der Waals surface area contributed by atoms with Gasteiger partial charge in [0.15, 0.2) is 12.0 Å². The quantitative estimate of drug-likeness (QED) is 0.0785. The zero-order chi connectivity index (χ0) is 45.5. The second-order valence-electron chi connectivity index (χ2n) is 15.3. The van der Waals surface area contributed by atoms with Crippen LogP contribution in [0.2, 0.25) is 0 Å². The Hall–Kier alpha value is -7.81. The fourth-order valence-electron chi connectivity index (χ4n) is 7.17. The molecule has 0 radical (unpaired) electrons. The van der Waals surface area contributed by atoms with Gasteiger partial charge in [-0.15, -0.1) is 0 Å². The van der Waals surface area contributed by atoms with Crippen LogP contribution in [0.1, 0.15) is 69.9 Å². The van der Waals surface area contributed by atoms with Crippen LogP contribution in [0.15, 0.2) is 167 Å². The van der Waals surface area contributed by atoms with Gasteiger partial charge in [0.05, 0.1) is 50.5 Å². The van der Waals surface area contributed by atoms with Crippen LogP contribution in [0.5, 0.6) is 0 Å². The van der Waals surface area contributed by atoms with E-state index in [4.69, 9.17) is 29.8 Å². The number of aldehydes is 1. The van der Waals surface area contributed by atoms with E-state index in [-0.39, 0.29) is 23.8 Å². The highest BCUT2D eigenvalue weighted by molar-refractivity contribution is 8.18. The molecule has 326 valence electrons. The van der Waals surface area contributed by atoms with Crippen molar-refractivity contribution in [1.29, 1.82) is 0 Å². The fraction of sp³-hybridized carbons (Fsp3) is 0.137. The molecule has 0 bridgehead atoms. The molecule has 11 rings (SSSR count). The molecule has 1 fully saturated rings. The lowest BCUT2D eigenvalue weighted by atomic mass is 10.1. The van der Waals surface area contributed by atoms with Gasteiger partial charge in [-0.25, -0.2) is 15.0 Å². The van der Waals surface area contributed by atoms with Crippen LogP contribution in [0, 0.1) is 0 Å². The van der Waals surface area contributed by atoms with Crippen molar-refractivity contribution >= 4 is 80.8 Å². The third kappa shape index (κ3) is 10.2. The number of nitrogen functional groups attached to an aromatic ring is 2. The lowest BCUT2D eigenvalue weighted by Crippen LogP contribution is -2.34. The number of aliphatic imine (C=N–C) groups is 3. The average Bonchev–Trinajstić information content (AvgIpc) is 4.18. The zero-order valence-corrected chi connectivity index (χ0v) is 36.3. The summed E-state index contributed by atoms with van der Waals surface area (Å²) in [5.74, 6) is 3.31. The first-order chi connectivity index (χ1) is 31.6. The van der Waals surface area contributed by atoms with Crippen LogP contribution in [0.3, 0.4) is 0 Å². The number of aliphatic hydroxyl groups is 1. The van der Waals surface area contributed by atoms with E-state index in [0.717, 1.165) is 71.0 Å². The number of fused-ring (bicyclic) bond motifs is 3. The molecule has 0 atom stereocenters. The molecule has 3 aromatic heterocycles. The number of aliphatic hydroxyl groups excluding tert-OH is 1. The SMILES string of the molecule is CC(C)N1C(=O)S/C(=C\c2ccc(C3=Nc4ccccc4C3)o2)C1=O.Nc1ccccc1N.O=Cc1ccc(C2=Nc3ccccc3C2)o1.OCc1ccc(C2=Nc3ccccc3C2)o1. The Kier molecular flexibility index (Phi) is 13.3. The maximum atomic E-state index is 12.3. The number of thioether (sulfide) groups is 1. The summed E-state index contributed by atoms with van der Waals surface area (Å²) in [6, 6.07) is 41.9. The Morgan fingerprint density at radius 1 is 0.615 bits per heavy atom. The molecule has 7 aromatic rings. The summed E-state index contributed by atoms with van der Waals surface area (Å²) in [6.45, 7) is 3.57. The number of carbonyl (C=O) groups is 3. The number of benzene rings is 4. The molecule has 1 saturated heterocycles.